The average Bonchev–Trinajstić information content (AvgIpc) is 2.28. The first-order valence-corrected chi connectivity index (χ1v) is 10.0. The van der Waals surface area contributed by atoms with Gasteiger partial charge in [-0.25, -0.2) is 4.98 Å². The first-order valence-electron chi connectivity index (χ1n) is 6.55. The summed E-state index contributed by atoms with van der Waals surface area (Å²) in [5, 5.41) is 11.3. The minimum atomic E-state index is -1.51. The Morgan fingerprint density at radius 1 is 1.39 bits per heavy atom. The molecule has 1 N–H and O–H groups in total. The summed E-state index contributed by atoms with van der Waals surface area (Å²) in [5.74, 6) is 0.653. The van der Waals surface area contributed by atoms with E-state index in [1.165, 1.54) is 0 Å². The molecule has 0 saturated heterocycles. The predicted molar refractivity (Wildman–Crippen MR) is 78.4 cm³/mol. The summed E-state index contributed by atoms with van der Waals surface area (Å²) in [6.45, 7) is 10.8. The van der Waals surface area contributed by atoms with E-state index in [0.29, 0.717) is 5.88 Å². The summed E-state index contributed by atoms with van der Waals surface area (Å²) < 4.78 is 5.35. The van der Waals surface area contributed by atoms with Gasteiger partial charge in [-0.3, -0.25) is 0 Å². The maximum absolute atomic E-state index is 10.2. The summed E-state index contributed by atoms with van der Waals surface area (Å²) in [6, 6.07) is 2.07. The van der Waals surface area contributed by atoms with Crippen LogP contribution in [0.1, 0.15) is 37.0 Å². The molecular weight excluding hydrogens is 242 g/mol. The number of hydrogen-bond donors (Lipinski definition) is 1. The van der Waals surface area contributed by atoms with E-state index < -0.39 is 14.2 Å². The molecule has 1 aromatic heterocycles. The van der Waals surface area contributed by atoms with Gasteiger partial charge in [0.1, 0.15) is 8.07 Å². The third-order valence-corrected chi connectivity index (χ3v) is 4.94. The SMILES string of the molecule is CCCC(O)c1cc([Si](C)(C)C)nc(OC)c1C. The molecule has 0 amide bonds. The van der Waals surface area contributed by atoms with Crippen molar-refractivity contribution in [1.82, 2.24) is 4.98 Å². The molecule has 0 bridgehead atoms. The molecule has 1 aromatic rings. The quantitative estimate of drug-likeness (QED) is 0.834. The largest absolute Gasteiger partial charge is 0.481 e. The average molecular weight is 267 g/mol. The number of aromatic nitrogens is 1. The van der Waals surface area contributed by atoms with Gasteiger partial charge in [0, 0.05) is 10.9 Å². The number of ether oxygens (including phenoxy) is 1. The van der Waals surface area contributed by atoms with E-state index in [1.807, 2.05) is 6.92 Å². The molecule has 0 aliphatic rings. The molecule has 0 radical (unpaired) electrons. The molecule has 102 valence electrons. The number of aliphatic hydroxyl groups is 1. The van der Waals surface area contributed by atoms with Crippen LogP contribution in [0.2, 0.25) is 19.6 Å². The number of rotatable bonds is 5. The van der Waals surface area contributed by atoms with Crippen molar-refractivity contribution in [2.45, 2.75) is 52.4 Å². The predicted octanol–water partition coefficient (Wildman–Crippen LogP) is 2.78. The highest BCUT2D eigenvalue weighted by molar-refractivity contribution is 6.88. The molecule has 18 heavy (non-hydrogen) atoms. The van der Waals surface area contributed by atoms with Crippen LogP contribution in [0, 0.1) is 6.92 Å². The second-order valence-electron chi connectivity index (χ2n) is 5.79. The van der Waals surface area contributed by atoms with Crippen molar-refractivity contribution >= 4 is 13.4 Å². The fraction of sp³-hybridized carbons (Fsp3) is 0.643. The Kier molecular flexibility index (Phi) is 4.93. The van der Waals surface area contributed by atoms with E-state index in [4.69, 9.17) is 4.74 Å². The van der Waals surface area contributed by atoms with Crippen molar-refractivity contribution in [1.29, 1.82) is 0 Å². The fourth-order valence-electron chi connectivity index (χ4n) is 1.96. The van der Waals surface area contributed by atoms with Gasteiger partial charge < -0.3 is 9.84 Å². The number of aliphatic hydroxyl groups excluding tert-OH is 1. The minimum absolute atomic E-state index is 0.415. The summed E-state index contributed by atoms with van der Waals surface area (Å²) in [7, 11) is 0.132. The second-order valence-corrected chi connectivity index (χ2v) is 10.8. The van der Waals surface area contributed by atoms with Crippen molar-refractivity contribution in [3.63, 3.8) is 0 Å². The van der Waals surface area contributed by atoms with Gasteiger partial charge in [-0.05, 0) is 25.0 Å². The second kappa shape index (κ2) is 5.84. The summed E-state index contributed by atoms with van der Waals surface area (Å²) in [5.41, 5.74) is 1.93. The molecule has 4 heteroatoms. The van der Waals surface area contributed by atoms with Crippen molar-refractivity contribution in [3.05, 3.63) is 17.2 Å². The molecule has 1 unspecified atom stereocenters. The number of nitrogens with zero attached hydrogens (tertiary/aromatic N) is 1. The fourth-order valence-corrected chi connectivity index (χ4v) is 2.99. The summed E-state index contributed by atoms with van der Waals surface area (Å²) in [6.07, 6.45) is 1.33. The maximum Gasteiger partial charge on any atom is 0.216 e. The van der Waals surface area contributed by atoms with Crippen LogP contribution in [0.25, 0.3) is 0 Å². The lowest BCUT2D eigenvalue weighted by atomic mass is 10.0. The van der Waals surface area contributed by atoms with Gasteiger partial charge in [0.2, 0.25) is 5.88 Å². The van der Waals surface area contributed by atoms with E-state index in [9.17, 15) is 5.11 Å². The monoisotopic (exact) mass is 267 g/mol. The van der Waals surface area contributed by atoms with Crippen molar-refractivity contribution in [3.8, 4) is 5.88 Å². The van der Waals surface area contributed by atoms with Gasteiger partial charge in [-0.1, -0.05) is 33.0 Å². The lowest BCUT2D eigenvalue weighted by molar-refractivity contribution is 0.165. The van der Waals surface area contributed by atoms with Crippen LogP contribution in [-0.2, 0) is 0 Å². The Bertz CT molecular complexity index is 413. The zero-order chi connectivity index (χ0) is 13.9. The highest BCUT2D eigenvalue weighted by Gasteiger charge is 2.23. The third-order valence-electron chi connectivity index (χ3n) is 3.15. The smallest absolute Gasteiger partial charge is 0.216 e. The van der Waals surface area contributed by atoms with Crippen LogP contribution < -0.4 is 10.1 Å². The van der Waals surface area contributed by atoms with Crippen LogP contribution in [0.5, 0.6) is 5.88 Å². The molecule has 1 rings (SSSR count). The Morgan fingerprint density at radius 3 is 2.44 bits per heavy atom. The summed E-state index contributed by atoms with van der Waals surface area (Å²) in [4.78, 5) is 4.59. The minimum Gasteiger partial charge on any atom is -0.481 e. The van der Waals surface area contributed by atoms with E-state index in [0.717, 1.165) is 29.3 Å². The van der Waals surface area contributed by atoms with Crippen LogP contribution >= 0.6 is 0 Å². The Morgan fingerprint density at radius 2 is 2.00 bits per heavy atom. The topological polar surface area (TPSA) is 42.4 Å². The zero-order valence-electron chi connectivity index (χ0n) is 12.4. The molecule has 1 atom stereocenters. The molecule has 0 aromatic carbocycles. The van der Waals surface area contributed by atoms with Gasteiger partial charge in [0.25, 0.3) is 0 Å². The molecule has 0 saturated carbocycles. The lowest BCUT2D eigenvalue weighted by Crippen LogP contribution is -2.40. The molecule has 0 aliphatic carbocycles. The first-order chi connectivity index (χ1) is 8.31. The van der Waals surface area contributed by atoms with Crippen molar-refractivity contribution in [2.24, 2.45) is 0 Å². The zero-order valence-corrected chi connectivity index (χ0v) is 13.4. The van der Waals surface area contributed by atoms with Crippen molar-refractivity contribution < 1.29 is 9.84 Å². The third kappa shape index (κ3) is 3.33. The van der Waals surface area contributed by atoms with Gasteiger partial charge in [0.15, 0.2) is 0 Å². The Labute approximate surface area is 111 Å². The summed E-state index contributed by atoms with van der Waals surface area (Å²) >= 11 is 0. The van der Waals surface area contributed by atoms with Crippen molar-refractivity contribution in [2.75, 3.05) is 7.11 Å². The van der Waals surface area contributed by atoms with E-state index in [2.05, 4.69) is 37.6 Å². The Hall–Kier alpha value is -0.873. The van der Waals surface area contributed by atoms with E-state index in [1.54, 1.807) is 7.11 Å². The normalized spacial score (nSPS) is 13.5. The Balaban J connectivity index is 3.31. The molecule has 3 nitrogen and oxygen atoms in total. The van der Waals surface area contributed by atoms with Gasteiger partial charge >= 0.3 is 0 Å². The van der Waals surface area contributed by atoms with Crippen LogP contribution in [-0.4, -0.2) is 25.3 Å². The standard InChI is InChI=1S/C14H25NO2Si/c1-7-8-12(16)11-9-13(18(4,5)6)15-14(17-3)10(11)2/h9,12,16H,7-8H2,1-6H3. The number of hydrogen-bond acceptors (Lipinski definition) is 3. The molecule has 1 heterocycles. The maximum atomic E-state index is 10.2. The highest BCUT2D eigenvalue weighted by Crippen LogP contribution is 2.26. The van der Waals surface area contributed by atoms with Crippen LogP contribution in [0.15, 0.2) is 6.07 Å². The molecule has 0 aliphatic heterocycles. The highest BCUT2D eigenvalue weighted by atomic mass is 28.3. The molecule has 0 fully saturated rings. The van der Waals surface area contributed by atoms with E-state index >= 15 is 0 Å². The molecular formula is C14H25NO2Si. The van der Waals surface area contributed by atoms with Crippen LogP contribution in [0.4, 0.5) is 0 Å². The lowest BCUT2D eigenvalue weighted by Gasteiger charge is -2.21. The van der Waals surface area contributed by atoms with E-state index in [-0.39, 0.29) is 0 Å². The van der Waals surface area contributed by atoms with Crippen LogP contribution in [0.3, 0.4) is 0 Å². The molecule has 0 spiro atoms. The first kappa shape index (κ1) is 15.2. The van der Waals surface area contributed by atoms with Gasteiger partial charge in [-0.15, -0.1) is 0 Å². The number of methoxy groups -OCH3 is 1. The number of pyridine rings is 1. The van der Waals surface area contributed by atoms with Gasteiger partial charge in [-0.2, -0.15) is 0 Å². The van der Waals surface area contributed by atoms with Gasteiger partial charge in [0.05, 0.1) is 13.2 Å².